The molecule has 9 heteroatoms. The second kappa shape index (κ2) is 5.22. The quantitative estimate of drug-likeness (QED) is 0.527. The van der Waals surface area contributed by atoms with Gasteiger partial charge in [-0.3, -0.25) is 0 Å². The van der Waals surface area contributed by atoms with Crippen LogP contribution in [0.3, 0.4) is 0 Å². The van der Waals surface area contributed by atoms with E-state index in [4.69, 9.17) is 0 Å². The van der Waals surface area contributed by atoms with Crippen LogP contribution in [-0.4, -0.2) is 4.98 Å². The Kier molecular flexibility index (Phi) is 3.84. The molecule has 22 heavy (non-hydrogen) atoms. The highest BCUT2D eigenvalue weighted by molar-refractivity contribution is 5.66. The first kappa shape index (κ1) is 16.2. The number of pyridine rings is 1. The van der Waals surface area contributed by atoms with E-state index in [0.717, 1.165) is 0 Å². The van der Waals surface area contributed by atoms with E-state index in [1.165, 1.54) is 0 Å². The molecule has 0 bridgehead atoms. The largest absolute Gasteiger partial charge is 0.416 e. The average Bonchev–Trinajstić information content (AvgIpc) is 2.39. The van der Waals surface area contributed by atoms with Gasteiger partial charge in [0.2, 0.25) is 5.95 Å². The van der Waals surface area contributed by atoms with Crippen molar-refractivity contribution in [2.75, 3.05) is 0 Å². The first-order valence-corrected chi connectivity index (χ1v) is 5.59. The van der Waals surface area contributed by atoms with E-state index in [2.05, 4.69) is 4.98 Å². The Morgan fingerprint density at radius 2 is 1.23 bits per heavy atom. The van der Waals surface area contributed by atoms with Crippen LogP contribution >= 0.6 is 0 Å². The third-order valence-corrected chi connectivity index (χ3v) is 2.72. The maximum Gasteiger partial charge on any atom is 0.416 e. The summed E-state index contributed by atoms with van der Waals surface area (Å²) in [5, 5.41) is 0. The van der Waals surface area contributed by atoms with Gasteiger partial charge < -0.3 is 0 Å². The predicted octanol–water partition coefficient (Wildman–Crippen LogP) is 5.06. The molecule has 0 aliphatic rings. The van der Waals surface area contributed by atoms with Crippen LogP contribution in [0.5, 0.6) is 0 Å². The predicted molar refractivity (Wildman–Crippen MR) is 59.6 cm³/mol. The van der Waals surface area contributed by atoms with Crippen LogP contribution in [0.15, 0.2) is 30.5 Å². The Bertz CT molecular complexity index is 670. The minimum absolute atomic E-state index is 0.0983. The molecule has 0 aliphatic heterocycles. The van der Waals surface area contributed by atoms with E-state index in [1.54, 1.807) is 0 Å². The Morgan fingerprint density at radius 3 is 1.68 bits per heavy atom. The first-order chi connectivity index (χ1) is 9.98. The molecule has 1 heterocycles. The molecule has 0 aliphatic carbocycles. The molecule has 0 spiro atoms. The van der Waals surface area contributed by atoms with Crippen molar-refractivity contribution < 1.29 is 35.1 Å². The lowest BCUT2D eigenvalue weighted by molar-refractivity contribution is -0.143. The molecule has 0 radical (unpaired) electrons. The third-order valence-electron chi connectivity index (χ3n) is 2.72. The van der Waals surface area contributed by atoms with Gasteiger partial charge in [0.25, 0.3) is 0 Å². The number of aromatic nitrogens is 1. The molecule has 0 N–H and O–H groups in total. The summed E-state index contributed by atoms with van der Waals surface area (Å²) in [5.41, 5.74) is -4.73. The van der Waals surface area contributed by atoms with Gasteiger partial charge >= 0.3 is 12.4 Å². The van der Waals surface area contributed by atoms with Gasteiger partial charge in [0.05, 0.1) is 17.3 Å². The monoisotopic (exact) mass is 327 g/mol. The summed E-state index contributed by atoms with van der Waals surface area (Å²) >= 11 is 0. The lowest BCUT2D eigenvalue weighted by Gasteiger charge is -2.14. The fourth-order valence-electron chi connectivity index (χ4n) is 1.74. The molecule has 1 aromatic carbocycles. The second-order valence-corrected chi connectivity index (χ2v) is 4.28. The topological polar surface area (TPSA) is 12.9 Å². The molecule has 0 fully saturated rings. The van der Waals surface area contributed by atoms with Crippen molar-refractivity contribution in [1.82, 2.24) is 4.98 Å². The van der Waals surface area contributed by atoms with Crippen LogP contribution < -0.4 is 0 Å². The van der Waals surface area contributed by atoms with Crippen LogP contribution in [0.4, 0.5) is 35.1 Å². The lowest BCUT2D eigenvalue weighted by Crippen LogP contribution is -2.11. The fraction of sp³-hybridized carbons (Fsp3) is 0.154. The third kappa shape index (κ3) is 3.34. The molecule has 1 nitrogen and oxygen atoms in total. The molecule has 118 valence electrons. The number of halogens is 8. The summed E-state index contributed by atoms with van der Waals surface area (Å²) < 4.78 is 103. The van der Waals surface area contributed by atoms with Crippen LogP contribution in [0.1, 0.15) is 11.1 Å². The molecule has 0 saturated carbocycles. The summed E-state index contributed by atoms with van der Waals surface area (Å²) in [6.07, 6.45) is -9.77. The number of benzene rings is 1. The van der Waals surface area contributed by atoms with Gasteiger partial charge in [-0.25, -0.2) is 9.37 Å². The molecule has 0 amide bonds. The standard InChI is InChI=1S/C13H5F8N/c14-10-5-22-11(15)4-9(10)6-1-7(12(16,17)18)3-8(2-6)13(19,20)21/h1-5H. The summed E-state index contributed by atoms with van der Waals surface area (Å²) in [6, 6.07) is 0.949. The van der Waals surface area contributed by atoms with E-state index in [9.17, 15) is 35.1 Å². The van der Waals surface area contributed by atoms with Crippen molar-refractivity contribution in [2.45, 2.75) is 12.4 Å². The molecule has 2 rings (SSSR count). The average molecular weight is 327 g/mol. The number of rotatable bonds is 1. The Morgan fingerprint density at radius 1 is 0.727 bits per heavy atom. The van der Waals surface area contributed by atoms with E-state index >= 15 is 0 Å². The number of nitrogens with zero attached hydrogens (tertiary/aromatic N) is 1. The summed E-state index contributed by atoms with van der Waals surface area (Å²) in [4.78, 5) is 2.92. The van der Waals surface area contributed by atoms with Gasteiger partial charge in [-0.2, -0.15) is 30.7 Å². The maximum atomic E-state index is 13.5. The maximum absolute atomic E-state index is 13.5. The molecular weight excluding hydrogens is 322 g/mol. The van der Waals surface area contributed by atoms with Gasteiger partial charge in [0.1, 0.15) is 5.82 Å². The second-order valence-electron chi connectivity index (χ2n) is 4.28. The lowest BCUT2D eigenvalue weighted by atomic mass is 9.99. The first-order valence-electron chi connectivity index (χ1n) is 5.59. The SMILES string of the molecule is Fc1cc(-c2cc(C(F)(F)F)cc(C(F)(F)F)c2)c(F)cn1. The zero-order chi connectivity index (χ0) is 16.7. The number of hydrogen-bond acceptors (Lipinski definition) is 1. The van der Waals surface area contributed by atoms with Gasteiger partial charge in [0, 0.05) is 11.6 Å². The zero-order valence-corrected chi connectivity index (χ0v) is 10.4. The highest BCUT2D eigenvalue weighted by atomic mass is 19.4. The van der Waals surface area contributed by atoms with Crippen molar-refractivity contribution >= 4 is 0 Å². The number of hydrogen-bond donors (Lipinski definition) is 0. The molecule has 0 saturated heterocycles. The van der Waals surface area contributed by atoms with Gasteiger partial charge in [-0.05, 0) is 23.8 Å². The van der Waals surface area contributed by atoms with Crippen LogP contribution in [0.25, 0.3) is 11.1 Å². The smallest absolute Gasteiger partial charge is 0.225 e. The Balaban J connectivity index is 2.73. The van der Waals surface area contributed by atoms with E-state index in [-0.39, 0.29) is 6.07 Å². The minimum atomic E-state index is -5.07. The van der Waals surface area contributed by atoms with Crippen molar-refractivity contribution in [3.05, 3.63) is 53.4 Å². The van der Waals surface area contributed by atoms with Crippen molar-refractivity contribution in [1.29, 1.82) is 0 Å². The van der Waals surface area contributed by atoms with Crippen LogP contribution in [-0.2, 0) is 12.4 Å². The van der Waals surface area contributed by atoms with Gasteiger partial charge in [-0.15, -0.1) is 0 Å². The molecule has 1 aromatic heterocycles. The van der Waals surface area contributed by atoms with Crippen molar-refractivity contribution in [3.63, 3.8) is 0 Å². The number of alkyl halides is 6. The normalized spacial score (nSPS) is 12.5. The summed E-state index contributed by atoms with van der Waals surface area (Å²) in [5.74, 6) is -2.48. The van der Waals surface area contributed by atoms with Gasteiger partial charge in [-0.1, -0.05) is 0 Å². The minimum Gasteiger partial charge on any atom is -0.225 e. The summed E-state index contributed by atoms with van der Waals surface area (Å²) in [7, 11) is 0. The zero-order valence-electron chi connectivity index (χ0n) is 10.4. The van der Waals surface area contributed by atoms with Crippen molar-refractivity contribution in [3.8, 4) is 11.1 Å². The molecule has 2 aromatic rings. The fourth-order valence-corrected chi connectivity index (χ4v) is 1.74. The molecule has 0 atom stereocenters. The highest BCUT2D eigenvalue weighted by Crippen LogP contribution is 2.39. The Hall–Kier alpha value is -2.19. The van der Waals surface area contributed by atoms with Crippen LogP contribution in [0, 0.1) is 11.8 Å². The summed E-state index contributed by atoms with van der Waals surface area (Å²) in [6.45, 7) is 0. The van der Waals surface area contributed by atoms with E-state index < -0.39 is 46.4 Å². The molecule has 0 unspecified atom stereocenters. The van der Waals surface area contributed by atoms with Gasteiger partial charge in [0.15, 0.2) is 0 Å². The van der Waals surface area contributed by atoms with Crippen LogP contribution in [0.2, 0.25) is 0 Å². The van der Waals surface area contributed by atoms with Crippen molar-refractivity contribution in [2.24, 2.45) is 0 Å². The Labute approximate surface area is 118 Å². The van der Waals surface area contributed by atoms with E-state index in [0.29, 0.717) is 24.4 Å². The molecular formula is C13H5F8N. The highest BCUT2D eigenvalue weighted by Gasteiger charge is 2.37. The van der Waals surface area contributed by atoms with E-state index in [1.807, 2.05) is 0 Å².